The summed E-state index contributed by atoms with van der Waals surface area (Å²) in [6.07, 6.45) is 0. The number of carbonyl (C=O) groups excluding carboxylic acids is 1. The number of fused-ring (bicyclic) bond motifs is 1. The summed E-state index contributed by atoms with van der Waals surface area (Å²) in [5.41, 5.74) is 1.25. The molecule has 0 spiro atoms. The van der Waals surface area contributed by atoms with E-state index in [-0.39, 0.29) is 22.4 Å². The Balaban J connectivity index is 1.84. The Hall–Kier alpha value is -1.84. The van der Waals surface area contributed by atoms with Crippen LogP contribution in [0.4, 0.5) is 22.0 Å². The third-order valence-corrected chi connectivity index (χ3v) is 5.12. The SMILES string of the molecule is O=C(Nc1ccccc1Br)Nc1nc(Cl)cc2c1NS(=O)(=O)C2. The predicted molar refractivity (Wildman–Crippen MR) is 92.3 cm³/mol. The van der Waals surface area contributed by atoms with Crippen molar-refractivity contribution < 1.29 is 13.2 Å². The first-order valence-electron chi connectivity index (χ1n) is 6.36. The van der Waals surface area contributed by atoms with Gasteiger partial charge in [-0.3, -0.25) is 10.0 Å². The second kappa shape index (κ2) is 5.99. The highest BCUT2D eigenvalue weighted by molar-refractivity contribution is 9.10. The summed E-state index contributed by atoms with van der Waals surface area (Å²) in [6, 6.07) is 7.95. The van der Waals surface area contributed by atoms with Gasteiger partial charge in [-0.05, 0) is 39.7 Å². The van der Waals surface area contributed by atoms with E-state index in [1.165, 1.54) is 6.07 Å². The molecule has 10 heteroatoms. The van der Waals surface area contributed by atoms with E-state index in [4.69, 9.17) is 11.6 Å². The molecule has 0 atom stereocenters. The number of hydrogen-bond acceptors (Lipinski definition) is 4. The maximum atomic E-state index is 12.1. The zero-order valence-electron chi connectivity index (χ0n) is 11.4. The van der Waals surface area contributed by atoms with Crippen molar-refractivity contribution in [3.63, 3.8) is 0 Å². The van der Waals surface area contributed by atoms with Gasteiger partial charge in [-0.1, -0.05) is 23.7 Å². The van der Waals surface area contributed by atoms with E-state index in [2.05, 4.69) is 36.3 Å². The molecule has 7 nitrogen and oxygen atoms in total. The Bertz CT molecular complexity index is 904. The maximum Gasteiger partial charge on any atom is 0.324 e. The summed E-state index contributed by atoms with van der Waals surface area (Å²) in [5.74, 6) is -0.149. The Morgan fingerprint density at radius 3 is 2.78 bits per heavy atom. The average Bonchev–Trinajstić information content (AvgIpc) is 2.75. The largest absolute Gasteiger partial charge is 0.324 e. The number of para-hydroxylation sites is 1. The molecule has 0 saturated carbocycles. The van der Waals surface area contributed by atoms with Crippen molar-refractivity contribution in [3.8, 4) is 0 Å². The van der Waals surface area contributed by atoms with Crippen LogP contribution in [0.2, 0.25) is 5.15 Å². The molecule has 2 heterocycles. The summed E-state index contributed by atoms with van der Waals surface area (Å²) >= 11 is 9.19. The number of urea groups is 1. The van der Waals surface area contributed by atoms with Gasteiger partial charge in [0.1, 0.15) is 5.15 Å². The van der Waals surface area contributed by atoms with Crippen molar-refractivity contribution in [1.82, 2.24) is 4.98 Å². The number of rotatable bonds is 2. The summed E-state index contributed by atoms with van der Waals surface area (Å²) in [5, 5.41) is 5.23. The lowest BCUT2D eigenvalue weighted by atomic mass is 10.2. The van der Waals surface area contributed by atoms with Crippen LogP contribution in [0.1, 0.15) is 5.56 Å². The standard InChI is InChI=1S/C13H10BrClN4O3S/c14-8-3-1-2-4-9(8)16-13(20)18-12-11-7(5-10(15)17-12)6-23(21,22)19-11/h1-5,19H,6H2,(H2,16,17,18,20). The van der Waals surface area contributed by atoms with Gasteiger partial charge in [0.15, 0.2) is 5.82 Å². The van der Waals surface area contributed by atoms with Gasteiger partial charge in [-0.2, -0.15) is 0 Å². The minimum absolute atomic E-state index is 0.0538. The molecule has 23 heavy (non-hydrogen) atoms. The Kier molecular flexibility index (Phi) is 4.17. The molecule has 0 aliphatic carbocycles. The van der Waals surface area contributed by atoms with E-state index >= 15 is 0 Å². The van der Waals surface area contributed by atoms with Gasteiger partial charge in [0, 0.05) is 4.47 Å². The van der Waals surface area contributed by atoms with Crippen LogP contribution < -0.4 is 15.4 Å². The van der Waals surface area contributed by atoms with Crippen LogP contribution in [0.5, 0.6) is 0 Å². The Morgan fingerprint density at radius 1 is 1.30 bits per heavy atom. The fourth-order valence-corrected chi connectivity index (χ4v) is 3.95. The minimum Gasteiger partial charge on any atom is -0.307 e. The van der Waals surface area contributed by atoms with E-state index in [9.17, 15) is 13.2 Å². The van der Waals surface area contributed by atoms with E-state index in [0.29, 0.717) is 15.7 Å². The summed E-state index contributed by atoms with van der Waals surface area (Å²) in [6.45, 7) is 0. The van der Waals surface area contributed by atoms with Crippen LogP contribution in [0.15, 0.2) is 34.8 Å². The number of nitrogens with one attached hydrogen (secondary N) is 3. The molecule has 120 valence electrons. The number of halogens is 2. The summed E-state index contributed by atoms with van der Waals surface area (Å²) < 4.78 is 26.4. The second-order valence-corrected chi connectivity index (χ2v) is 7.71. The number of carbonyl (C=O) groups is 1. The molecular weight excluding hydrogens is 408 g/mol. The molecule has 2 aromatic rings. The lowest BCUT2D eigenvalue weighted by molar-refractivity contribution is 0.262. The number of benzene rings is 1. The zero-order chi connectivity index (χ0) is 16.6. The third kappa shape index (κ3) is 3.57. The Morgan fingerprint density at radius 2 is 2.04 bits per heavy atom. The molecule has 0 radical (unpaired) electrons. The summed E-state index contributed by atoms with van der Waals surface area (Å²) in [7, 11) is -3.47. The second-order valence-electron chi connectivity index (χ2n) is 4.75. The number of anilines is 3. The van der Waals surface area contributed by atoms with Crippen molar-refractivity contribution in [1.29, 1.82) is 0 Å². The highest BCUT2D eigenvalue weighted by atomic mass is 79.9. The van der Waals surface area contributed by atoms with Crippen LogP contribution in [0.25, 0.3) is 0 Å². The van der Waals surface area contributed by atoms with Crippen molar-refractivity contribution >= 4 is 60.8 Å². The molecule has 2 amide bonds. The molecule has 1 aliphatic heterocycles. The van der Waals surface area contributed by atoms with Crippen LogP contribution >= 0.6 is 27.5 Å². The molecule has 0 bridgehead atoms. The van der Waals surface area contributed by atoms with Crippen molar-refractivity contribution in [2.24, 2.45) is 0 Å². The van der Waals surface area contributed by atoms with Crippen molar-refractivity contribution in [2.45, 2.75) is 5.75 Å². The van der Waals surface area contributed by atoms with Crippen molar-refractivity contribution in [3.05, 3.63) is 45.5 Å². The number of pyridine rings is 1. The number of nitrogens with zero attached hydrogens (tertiary/aromatic N) is 1. The molecule has 1 aromatic carbocycles. The Labute approximate surface area is 145 Å². The molecule has 3 N–H and O–H groups in total. The topological polar surface area (TPSA) is 100 Å². The van der Waals surface area contributed by atoms with Crippen LogP contribution in [0, 0.1) is 0 Å². The molecule has 0 fully saturated rings. The number of hydrogen-bond donors (Lipinski definition) is 3. The maximum absolute atomic E-state index is 12.1. The molecule has 1 aliphatic rings. The molecule has 0 saturated heterocycles. The minimum atomic E-state index is -3.47. The van der Waals surface area contributed by atoms with Gasteiger partial charge in [0.05, 0.1) is 17.1 Å². The normalized spacial score (nSPS) is 14.7. The van der Waals surface area contributed by atoms with Crippen LogP contribution in [-0.2, 0) is 15.8 Å². The van der Waals surface area contributed by atoms with Crippen LogP contribution in [0.3, 0.4) is 0 Å². The van der Waals surface area contributed by atoms with Crippen LogP contribution in [-0.4, -0.2) is 19.4 Å². The first-order chi connectivity index (χ1) is 10.8. The molecule has 3 rings (SSSR count). The fraction of sp³-hybridized carbons (Fsp3) is 0.0769. The lowest BCUT2D eigenvalue weighted by Crippen LogP contribution is -2.21. The number of aromatic nitrogens is 1. The molecular formula is C13H10BrClN4O3S. The van der Waals surface area contributed by atoms with Gasteiger partial charge < -0.3 is 5.32 Å². The number of amides is 2. The number of sulfonamides is 1. The highest BCUT2D eigenvalue weighted by Gasteiger charge is 2.28. The fourth-order valence-electron chi connectivity index (χ4n) is 2.10. The van der Waals surface area contributed by atoms with Gasteiger partial charge in [-0.25, -0.2) is 18.2 Å². The zero-order valence-corrected chi connectivity index (χ0v) is 14.6. The van der Waals surface area contributed by atoms with E-state index in [1.807, 2.05) is 6.07 Å². The quantitative estimate of drug-likeness (QED) is 0.652. The highest BCUT2D eigenvalue weighted by Crippen LogP contribution is 2.34. The van der Waals surface area contributed by atoms with E-state index in [0.717, 1.165) is 0 Å². The van der Waals surface area contributed by atoms with Gasteiger partial charge in [-0.15, -0.1) is 0 Å². The molecule has 0 unspecified atom stereocenters. The van der Waals surface area contributed by atoms with E-state index in [1.54, 1.807) is 18.2 Å². The third-order valence-electron chi connectivity index (χ3n) is 3.03. The predicted octanol–water partition coefficient (Wildman–Crippen LogP) is 3.40. The van der Waals surface area contributed by atoms with Gasteiger partial charge in [0.25, 0.3) is 0 Å². The van der Waals surface area contributed by atoms with E-state index < -0.39 is 16.1 Å². The monoisotopic (exact) mass is 416 g/mol. The van der Waals surface area contributed by atoms with Gasteiger partial charge in [0.2, 0.25) is 10.0 Å². The van der Waals surface area contributed by atoms with Gasteiger partial charge >= 0.3 is 6.03 Å². The smallest absolute Gasteiger partial charge is 0.307 e. The first-order valence-corrected chi connectivity index (χ1v) is 9.19. The van der Waals surface area contributed by atoms with Crippen molar-refractivity contribution in [2.75, 3.05) is 15.4 Å². The summed E-state index contributed by atoms with van der Waals surface area (Å²) in [4.78, 5) is 16.1. The lowest BCUT2D eigenvalue weighted by Gasteiger charge is -2.11. The average molecular weight is 418 g/mol. The first kappa shape index (κ1) is 16.0. The molecule has 1 aromatic heterocycles.